The molecule has 1 unspecified atom stereocenters. The van der Waals surface area contributed by atoms with Crippen molar-refractivity contribution in [3.8, 4) is 5.75 Å². The average Bonchev–Trinajstić information content (AvgIpc) is 3.11. The molecule has 0 aromatic heterocycles. The molecule has 1 atom stereocenters. The first-order valence-corrected chi connectivity index (χ1v) is 11.2. The number of anilines is 1. The van der Waals surface area contributed by atoms with Gasteiger partial charge in [-0.05, 0) is 62.1 Å². The van der Waals surface area contributed by atoms with Crippen LogP contribution in [0, 0.1) is 0 Å². The minimum atomic E-state index is -0.825. The van der Waals surface area contributed by atoms with Crippen molar-refractivity contribution in [1.29, 1.82) is 0 Å². The van der Waals surface area contributed by atoms with Crippen molar-refractivity contribution >= 4 is 23.4 Å². The Bertz CT molecular complexity index is 1110. The highest BCUT2D eigenvalue weighted by Crippen LogP contribution is 2.44. The van der Waals surface area contributed by atoms with E-state index in [9.17, 15) is 14.4 Å². The smallest absolute Gasteiger partial charge is 0.258 e. The second-order valence-corrected chi connectivity index (χ2v) is 8.78. The van der Waals surface area contributed by atoms with E-state index in [0.29, 0.717) is 43.8 Å². The Morgan fingerprint density at radius 1 is 1.09 bits per heavy atom. The van der Waals surface area contributed by atoms with Gasteiger partial charge in [-0.2, -0.15) is 0 Å². The number of carbonyl (C=O) groups is 3. The molecule has 32 heavy (non-hydrogen) atoms. The largest absolute Gasteiger partial charge is 0.494 e. The maximum absolute atomic E-state index is 13.4. The van der Waals surface area contributed by atoms with Crippen molar-refractivity contribution < 1.29 is 19.1 Å². The molecule has 0 bridgehead atoms. The van der Waals surface area contributed by atoms with Gasteiger partial charge in [0.05, 0.1) is 17.9 Å². The van der Waals surface area contributed by atoms with Gasteiger partial charge in [0.15, 0.2) is 0 Å². The molecule has 3 aliphatic heterocycles. The molecule has 0 spiro atoms. The van der Waals surface area contributed by atoms with Crippen LogP contribution in [0.2, 0.25) is 0 Å². The third kappa shape index (κ3) is 3.15. The van der Waals surface area contributed by atoms with Crippen LogP contribution in [0.3, 0.4) is 0 Å². The average molecular weight is 434 g/mol. The summed E-state index contributed by atoms with van der Waals surface area (Å²) in [5.74, 6) is 0.486. The van der Waals surface area contributed by atoms with Crippen molar-refractivity contribution in [2.24, 2.45) is 0 Å². The summed E-state index contributed by atoms with van der Waals surface area (Å²) in [4.78, 5) is 44.6. The van der Waals surface area contributed by atoms with Gasteiger partial charge in [-0.3, -0.25) is 19.3 Å². The first-order valence-electron chi connectivity index (χ1n) is 11.2. The van der Waals surface area contributed by atoms with Crippen molar-refractivity contribution in [2.75, 3.05) is 24.6 Å². The molecule has 7 nitrogen and oxygen atoms in total. The topological polar surface area (TPSA) is 70.2 Å². The first-order chi connectivity index (χ1) is 15.4. The van der Waals surface area contributed by atoms with E-state index >= 15 is 0 Å². The van der Waals surface area contributed by atoms with Gasteiger partial charge >= 0.3 is 0 Å². The molecule has 1 fully saturated rings. The van der Waals surface area contributed by atoms with E-state index < -0.39 is 5.66 Å². The summed E-state index contributed by atoms with van der Waals surface area (Å²) in [6, 6.07) is 13.2. The summed E-state index contributed by atoms with van der Waals surface area (Å²) in [5, 5.41) is 0. The van der Waals surface area contributed by atoms with E-state index in [-0.39, 0.29) is 24.3 Å². The summed E-state index contributed by atoms with van der Waals surface area (Å²) >= 11 is 0. The Morgan fingerprint density at radius 3 is 2.72 bits per heavy atom. The highest BCUT2D eigenvalue weighted by molar-refractivity contribution is 6.11. The third-order valence-electron chi connectivity index (χ3n) is 6.89. The number of rotatable bonds is 4. The lowest BCUT2D eigenvalue weighted by molar-refractivity contribution is -0.134. The highest BCUT2D eigenvalue weighted by atomic mass is 16.5. The molecule has 3 amide bonds. The molecular weight excluding hydrogens is 406 g/mol. The van der Waals surface area contributed by atoms with Crippen LogP contribution < -0.4 is 9.64 Å². The minimum absolute atomic E-state index is 0.0137. The SMILES string of the molecule is CCOc1ccc2c(c1)CN(C(=O)CN1C(=O)c3ccccc3N3C(=O)CCC13C)CC2. The number of nitrogens with zero attached hydrogens (tertiary/aromatic N) is 3. The fourth-order valence-corrected chi connectivity index (χ4v) is 5.18. The Balaban J connectivity index is 1.40. The van der Waals surface area contributed by atoms with E-state index in [0.717, 1.165) is 17.7 Å². The summed E-state index contributed by atoms with van der Waals surface area (Å²) in [7, 11) is 0. The summed E-state index contributed by atoms with van der Waals surface area (Å²) < 4.78 is 5.61. The zero-order valence-corrected chi connectivity index (χ0v) is 18.5. The van der Waals surface area contributed by atoms with Gasteiger partial charge in [0, 0.05) is 19.5 Å². The van der Waals surface area contributed by atoms with E-state index in [1.165, 1.54) is 5.56 Å². The maximum atomic E-state index is 13.4. The molecule has 5 rings (SSSR count). The first kappa shape index (κ1) is 20.5. The second kappa shape index (κ2) is 7.65. The summed E-state index contributed by atoms with van der Waals surface area (Å²) in [6.45, 7) is 5.48. The fraction of sp³-hybridized carbons (Fsp3) is 0.400. The van der Waals surface area contributed by atoms with Gasteiger partial charge < -0.3 is 14.5 Å². The molecule has 166 valence electrons. The Morgan fingerprint density at radius 2 is 1.91 bits per heavy atom. The number of amides is 3. The van der Waals surface area contributed by atoms with Crippen molar-refractivity contribution in [3.63, 3.8) is 0 Å². The van der Waals surface area contributed by atoms with Crippen molar-refractivity contribution in [1.82, 2.24) is 9.80 Å². The molecule has 7 heteroatoms. The molecule has 0 radical (unpaired) electrons. The molecule has 2 aromatic carbocycles. The van der Waals surface area contributed by atoms with E-state index in [1.54, 1.807) is 26.8 Å². The van der Waals surface area contributed by atoms with Gasteiger partial charge in [-0.25, -0.2) is 0 Å². The monoisotopic (exact) mass is 433 g/mol. The van der Waals surface area contributed by atoms with Crippen molar-refractivity contribution in [2.45, 2.75) is 45.3 Å². The Labute approximate surface area is 187 Å². The Hall–Kier alpha value is -3.35. The van der Waals surface area contributed by atoms with Crippen LogP contribution in [0.25, 0.3) is 0 Å². The molecule has 0 aliphatic carbocycles. The molecule has 0 saturated carbocycles. The van der Waals surface area contributed by atoms with Gasteiger partial charge in [0.25, 0.3) is 5.91 Å². The third-order valence-corrected chi connectivity index (χ3v) is 6.89. The van der Waals surface area contributed by atoms with Gasteiger partial charge in [0.1, 0.15) is 18.0 Å². The van der Waals surface area contributed by atoms with Crippen molar-refractivity contribution in [3.05, 3.63) is 59.2 Å². The normalized spacial score (nSPS) is 21.9. The number of fused-ring (bicyclic) bond motifs is 4. The predicted molar refractivity (Wildman–Crippen MR) is 119 cm³/mol. The zero-order chi connectivity index (χ0) is 22.5. The van der Waals surface area contributed by atoms with Crippen LogP contribution in [0.1, 0.15) is 48.2 Å². The lowest BCUT2D eigenvalue weighted by Gasteiger charge is -2.48. The second-order valence-electron chi connectivity index (χ2n) is 8.78. The zero-order valence-electron chi connectivity index (χ0n) is 18.5. The minimum Gasteiger partial charge on any atom is -0.494 e. The predicted octanol–water partition coefficient (Wildman–Crippen LogP) is 2.97. The van der Waals surface area contributed by atoms with Crippen LogP contribution in [-0.4, -0.2) is 52.9 Å². The van der Waals surface area contributed by atoms with Gasteiger partial charge in [0.2, 0.25) is 11.8 Å². The number of carbonyl (C=O) groups excluding carboxylic acids is 3. The van der Waals surface area contributed by atoms with Crippen LogP contribution in [0.5, 0.6) is 5.75 Å². The lowest BCUT2D eigenvalue weighted by atomic mass is 9.97. The fourth-order valence-electron chi connectivity index (χ4n) is 5.18. The maximum Gasteiger partial charge on any atom is 0.258 e. The lowest BCUT2D eigenvalue weighted by Crippen LogP contribution is -2.64. The molecule has 2 aromatic rings. The number of ether oxygens (including phenoxy) is 1. The highest BCUT2D eigenvalue weighted by Gasteiger charge is 2.53. The van der Waals surface area contributed by atoms with E-state index in [1.807, 2.05) is 38.1 Å². The molecule has 3 aliphatic rings. The number of para-hydroxylation sites is 1. The number of benzene rings is 2. The van der Waals surface area contributed by atoms with E-state index in [4.69, 9.17) is 4.74 Å². The molecular formula is C25H27N3O4. The number of hydrogen-bond acceptors (Lipinski definition) is 4. The number of hydrogen-bond donors (Lipinski definition) is 0. The molecule has 3 heterocycles. The molecule has 1 saturated heterocycles. The van der Waals surface area contributed by atoms with Crippen LogP contribution in [0.15, 0.2) is 42.5 Å². The Kier molecular flexibility index (Phi) is 4.92. The molecule has 0 N–H and O–H groups in total. The summed E-state index contributed by atoms with van der Waals surface area (Å²) in [6.07, 6.45) is 1.64. The van der Waals surface area contributed by atoms with Crippen LogP contribution in [-0.2, 0) is 22.6 Å². The van der Waals surface area contributed by atoms with Crippen LogP contribution in [0.4, 0.5) is 5.69 Å². The van der Waals surface area contributed by atoms with Gasteiger partial charge in [-0.1, -0.05) is 18.2 Å². The summed E-state index contributed by atoms with van der Waals surface area (Å²) in [5.41, 5.74) is 2.59. The van der Waals surface area contributed by atoms with Gasteiger partial charge in [-0.15, -0.1) is 0 Å². The quantitative estimate of drug-likeness (QED) is 0.743. The van der Waals surface area contributed by atoms with E-state index in [2.05, 4.69) is 6.07 Å². The standard InChI is InChI=1S/C25H27N3O4/c1-3-32-19-9-8-17-11-13-26(15-18(17)14-19)23(30)16-27-24(31)20-6-4-5-7-21(20)28-22(29)10-12-25(27,28)2/h4-9,14H,3,10-13,15-16H2,1-2H3. The van der Waals surface area contributed by atoms with Crippen LogP contribution >= 0.6 is 0 Å².